The molecule has 2 atom stereocenters. The minimum Gasteiger partial charge on any atom is -0.469 e. The van der Waals surface area contributed by atoms with Crippen molar-refractivity contribution in [3.8, 4) is 0 Å². The van der Waals surface area contributed by atoms with Gasteiger partial charge in [0.15, 0.2) is 0 Å². The third-order valence-corrected chi connectivity index (χ3v) is 3.40. The van der Waals surface area contributed by atoms with Crippen molar-refractivity contribution < 1.29 is 9.15 Å². The highest BCUT2D eigenvalue weighted by molar-refractivity contribution is 5.20. The zero-order valence-corrected chi connectivity index (χ0v) is 10.0. The van der Waals surface area contributed by atoms with Crippen LogP contribution < -0.4 is 0 Å². The molecule has 1 aromatic heterocycles. The van der Waals surface area contributed by atoms with Crippen LogP contribution in [-0.4, -0.2) is 6.10 Å². The fraction of sp³-hybridized carbons (Fsp3) is 0.692. The Balaban J connectivity index is 2.16. The lowest BCUT2D eigenvalue weighted by Gasteiger charge is -2.24. The number of hydrogen-bond donors (Lipinski definition) is 0. The van der Waals surface area contributed by atoms with Crippen LogP contribution in [0.25, 0.3) is 0 Å². The molecule has 0 amide bonds. The first-order valence-electron chi connectivity index (χ1n) is 5.75. The van der Waals surface area contributed by atoms with Crippen LogP contribution in [0.3, 0.4) is 0 Å². The Morgan fingerprint density at radius 2 is 2.20 bits per heavy atom. The largest absolute Gasteiger partial charge is 0.469 e. The smallest absolute Gasteiger partial charge is 0.101 e. The Hall–Kier alpha value is -0.760. The Labute approximate surface area is 91.6 Å². The van der Waals surface area contributed by atoms with Gasteiger partial charge in [-0.25, -0.2) is 0 Å². The molecule has 0 N–H and O–H groups in total. The normalized spacial score (nSPS) is 31.4. The van der Waals surface area contributed by atoms with Gasteiger partial charge in [0.1, 0.15) is 5.76 Å². The van der Waals surface area contributed by atoms with E-state index in [2.05, 4.69) is 26.8 Å². The molecule has 0 bridgehead atoms. The summed E-state index contributed by atoms with van der Waals surface area (Å²) in [6.07, 6.45) is 4.47. The molecule has 84 valence electrons. The average Bonchev–Trinajstić information content (AvgIpc) is 2.73. The molecule has 2 heterocycles. The molecule has 0 aromatic carbocycles. The number of furan rings is 1. The minimum absolute atomic E-state index is 0.132. The molecule has 1 aliphatic heterocycles. The minimum atomic E-state index is -0.132. The van der Waals surface area contributed by atoms with Gasteiger partial charge in [0, 0.05) is 5.56 Å². The van der Waals surface area contributed by atoms with Crippen molar-refractivity contribution in [2.45, 2.75) is 52.2 Å². The van der Waals surface area contributed by atoms with Gasteiger partial charge < -0.3 is 9.15 Å². The lowest BCUT2D eigenvalue weighted by Crippen LogP contribution is -2.23. The number of hydrogen-bond acceptors (Lipinski definition) is 2. The van der Waals surface area contributed by atoms with Gasteiger partial charge >= 0.3 is 0 Å². The Morgan fingerprint density at radius 3 is 2.67 bits per heavy atom. The molecule has 0 saturated carbocycles. The summed E-state index contributed by atoms with van der Waals surface area (Å²) in [6, 6.07) is 2.09. The molecule has 1 aliphatic rings. The summed E-state index contributed by atoms with van der Waals surface area (Å²) in [6.45, 7) is 8.58. The van der Waals surface area contributed by atoms with E-state index < -0.39 is 0 Å². The van der Waals surface area contributed by atoms with Gasteiger partial charge in [0.2, 0.25) is 0 Å². The van der Waals surface area contributed by atoms with Crippen LogP contribution in [-0.2, 0) is 10.3 Å². The molecule has 1 aromatic rings. The lowest BCUT2D eigenvalue weighted by molar-refractivity contribution is -0.0502. The molecule has 2 nitrogen and oxygen atoms in total. The van der Waals surface area contributed by atoms with Crippen LogP contribution >= 0.6 is 0 Å². The van der Waals surface area contributed by atoms with Crippen molar-refractivity contribution in [2.24, 2.45) is 5.92 Å². The molecular weight excluding hydrogens is 188 g/mol. The van der Waals surface area contributed by atoms with Crippen LogP contribution in [0.5, 0.6) is 0 Å². The third kappa shape index (κ3) is 1.96. The Kier molecular flexibility index (Phi) is 2.63. The molecule has 0 spiro atoms. The van der Waals surface area contributed by atoms with Gasteiger partial charge in [-0.3, -0.25) is 0 Å². The number of ether oxygens (including phenoxy) is 1. The van der Waals surface area contributed by atoms with Crippen LogP contribution in [0.2, 0.25) is 0 Å². The molecule has 2 rings (SSSR count). The Bertz CT molecular complexity index is 340. The van der Waals surface area contributed by atoms with Crippen molar-refractivity contribution in [2.75, 3.05) is 0 Å². The average molecular weight is 208 g/mol. The second-order valence-corrected chi connectivity index (χ2v) is 5.12. The fourth-order valence-electron chi connectivity index (χ4n) is 2.27. The molecule has 1 saturated heterocycles. The van der Waals surface area contributed by atoms with E-state index in [1.807, 2.05) is 13.2 Å². The van der Waals surface area contributed by atoms with Crippen molar-refractivity contribution in [3.05, 3.63) is 23.7 Å². The van der Waals surface area contributed by atoms with Crippen LogP contribution in [0.4, 0.5) is 0 Å². The van der Waals surface area contributed by atoms with E-state index in [-0.39, 0.29) is 5.60 Å². The monoisotopic (exact) mass is 208 g/mol. The maximum atomic E-state index is 6.15. The molecule has 2 heteroatoms. The predicted octanol–water partition coefficient (Wildman–Crippen LogP) is 3.64. The topological polar surface area (TPSA) is 22.4 Å². The van der Waals surface area contributed by atoms with Crippen molar-refractivity contribution in [1.29, 1.82) is 0 Å². The van der Waals surface area contributed by atoms with E-state index in [1.165, 1.54) is 5.56 Å². The van der Waals surface area contributed by atoms with Crippen LogP contribution in [0, 0.1) is 12.8 Å². The maximum Gasteiger partial charge on any atom is 0.101 e. The molecular formula is C13H20O2. The first-order chi connectivity index (χ1) is 7.01. The molecule has 2 unspecified atom stereocenters. The van der Waals surface area contributed by atoms with E-state index in [1.54, 1.807) is 0 Å². The van der Waals surface area contributed by atoms with E-state index in [9.17, 15) is 0 Å². The SMILES string of the molecule is Cc1cc(C2(C)CCC(C(C)C)O2)co1. The molecule has 0 aliphatic carbocycles. The quantitative estimate of drug-likeness (QED) is 0.740. The highest BCUT2D eigenvalue weighted by atomic mass is 16.5. The summed E-state index contributed by atoms with van der Waals surface area (Å²) < 4.78 is 11.5. The van der Waals surface area contributed by atoms with Crippen molar-refractivity contribution in [3.63, 3.8) is 0 Å². The van der Waals surface area contributed by atoms with Gasteiger partial charge in [-0.15, -0.1) is 0 Å². The summed E-state index contributed by atoms with van der Waals surface area (Å²) in [4.78, 5) is 0. The highest BCUT2D eigenvalue weighted by Crippen LogP contribution is 2.41. The first-order valence-corrected chi connectivity index (χ1v) is 5.75. The lowest BCUT2D eigenvalue weighted by atomic mass is 9.94. The van der Waals surface area contributed by atoms with Gasteiger partial charge in [-0.1, -0.05) is 13.8 Å². The zero-order chi connectivity index (χ0) is 11.1. The van der Waals surface area contributed by atoms with Crippen LogP contribution in [0.15, 0.2) is 16.7 Å². The third-order valence-electron chi connectivity index (χ3n) is 3.40. The standard InChI is InChI=1S/C13H20O2/c1-9(2)12-5-6-13(4,15-12)11-7-10(3)14-8-11/h7-9,12H,5-6H2,1-4H3. The Morgan fingerprint density at radius 1 is 1.47 bits per heavy atom. The van der Waals surface area contributed by atoms with E-state index >= 15 is 0 Å². The first kappa shape index (κ1) is 10.7. The van der Waals surface area contributed by atoms with Gasteiger partial charge in [-0.05, 0) is 38.7 Å². The fourth-order valence-corrected chi connectivity index (χ4v) is 2.27. The molecule has 15 heavy (non-hydrogen) atoms. The molecule has 1 fully saturated rings. The van der Waals surface area contributed by atoms with Gasteiger partial charge in [0.25, 0.3) is 0 Å². The second kappa shape index (κ2) is 3.67. The second-order valence-electron chi connectivity index (χ2n) is 5.12. The number of rotatable bonds is 2. The maximum absolute atomic E-state index is 6.15. The van der Waals surface area contributed by atoms with Crippen molar-refractivity contribution >= 4 is 0 Å². The summed E-state index contributed by atoms with van der Waals surface area (Å²) in [7, 11) is 0. The van der Waals surface area contributed by atoms with E-state index in [0.29, 0.717) is 12.0 Å². The van der Waals surface area contributed by atoms with Crippen molar-refractivity contribution in [1.82, 2.24) is 0 Å². The summed E-state index contributed by atoms with van der Waals surface area (Å²) in [5.74, 6) is 1.56. The van der Waals surface area contributed by atoms with Gasteiger partial charge in [-0.2, -0.15) is 0 Å². The zero-order valence-electron chi connectivity index (χ0n) is 10.0. The predicted molar refractivity (Wildman–Crippen MR) is 59.7 cm³/mol. The van der Waals surface area contributed by atoms with E-state index in [0.717, 1.165) is 18.6 Å². The van der Waals surface area contributed by atoms with E-state index in [4.69, 9.17) is 9.15 Å². The van der Waals surface area contributed by atoms with Crippen LogP contribution in [0.1, 0.15) is 44.9 Å². The summed E-state index contributed by atoms with van der Waals surface area (Å²) in [5, 5.41) is 0. The summed E-state index contributed by atoms with van der Waals surface area (Å²) in [5.41, 5.74) is 1.05. The number of aryl methyl sites for hydroxylation is 1. The summed E-state index contributed by atoms with van der Waals surface area (Å²) >= 11 is 0. The highest BCUT2D eigenvalue weighted by Gasteiger charge is 2.39. The molecule has 0 radical (unpaired) electrons. The van der Waals surface area contributed by atoms with Gasteiger partial charge in [0.05, 0.1) is 18.0 Å².